The number of benzene rings is 8. The highest BCUT2D eigenvalue weighted by Gasteiger charge is 2.28. The van der Waals surface area contributed by atoms with E-state index in [9.17, 15) is 0 Å². The molecule has 48 heavy (non-hydrogen) atoms. The van der Waals surface area contributed by atoms with Crippen LogP contribution < -0.4 is 9.64 Å². The van der Waals surface area contributed by atoms with Crippen molar-refractivity contribution in [2.45, 2.75) is 0 Å². The Morgan fingerprint density at radius 3 is 1.38 bits per heavy atom. The van der Waals surface area contributed by atoms with Crippen LogP contribution in [0, 0.1) is 0 Å². The second-order valence-electron chi connectivity index (χ2n) is 12.2. The van der Waals surface area contributed by atoms with Crippen LogP contribution in [0.3, 0.4) is 0 Å². The lowest BCUT2D eigenvalue weighted by atomic mass is 9.90. The number of anilines is 3. The normalized spacial score (nSPS) is 11.5. The van der Waals surface area contributed by atoms with Crippen LogP contribution in [-0.2, 0) is 0 Å². The Hall–Kier alpha value is -6.38. The Balaban J connectivity index is 1.29. The quantitative estimate of drug-likeness (QED) is 0.185. The maximum absolute atomic E-state index is 6.80. The monoisotopic (exact) mass is 613 g/mol. The maximum Gasteiger partial charge on any atom is 0.138 e. The van der Waals surface area contributed by atoms with E-state index in [1.807, 2.05) is 0 Å². The Kier molecular flexibility index (Phi) is 6.84. The van der Waals surface area contributed by atoms with Gasteiger partial charge in [-0.05, 0) is 86.8 Å². The van der Waals surface area contributed by atoms with Crippen molar-refractivity contribution < 1.29 is 4.74 Å². The molecule has 0 saturated carbocycles. The molecule has 0 radical (unpaired) electrons. The molecule has 1 aliphatic heterocycles. The third-order valence-corrected chi connectivity index (χ3v) is 9.25. The molecule has 8 aromatic rings. The molecule has 0 amide bonds. The van der Waals surface area contributed by atoms with E-state index in [0.29, 0.717) is 0 Å². The van der Waals surface area contributed by atoms with Crippen LogP contribution in [0.1, 0.15) is 0 Å². The highest BCUT2D eigenvalue weighted by Crippen LogP contribution is 2.54. The molecule has 0 saturated heterocycles. The van der Waals surface area contributed by atoms with Gasteiger partial charge >= 0.3 is 0 Å². The van der Waals surface area contributed by atoms with Crippen LogP contribution in [0.15, 0.2) is 188 Å². The van der Waals surface area contributed by atoms with Crippen molar-refractivity contribution in [2.24, 2.45) is 0 Å². The SMILES string of the molecule is c1ccc(-c2ccc(N(c3ccc(-c4ccccc4)cc3)c3cc(-c4ccccc4)cc4c3-c3cccc5cccc(c35)O4)cc2)cc1. The number of hydrogen-bond acceptors (Lipinski definition) is 2. The molecule has 9 rings (SSSR count). The van der Waals surface area contributed by atoms with Crippen molar-refractivity contribution in [1.29, 1.82) is 0 Å². The van der Waals surface area contributed by atoms with Crippen LogP contribution >= 0.6 is 0 Å². The first-order chi connectivity index (χ1) is 23.8. The minimum Gasteiger partial charge on any atom is -0.456 e. The summed E-state index contributed by atoms with van der Waals surface area (Å²) in [7, 11) is 0. The van der Waals surface area contributed by atoms with Gasteiger partial charge in [0.1, 0.15) is 11.5 Å². The predicted molar refractivity (Wildman–Crippen MR) is 200 cm³/mol. The third kappa shape index (κ3) is 4.92. The van der Waals surface area contributed by atoms with Crippen molar-refractivity contribution in [1.82, 2.24) is 0 Å². The van der Waals surface area contributed by atoms with Crippen molar-refractivity contribution in [3.63, 3.8) is 0 Å². The van der Waals surface area contributed by atoms with Gasteiger partial charge in [0, 0.05) is 22.3 Å². The number of hydrogen-bond donors (Lipinski definition) is 0. The van der Waals surface area contributed by atoms with Gasteiger partial charge in [-0.25, -0.2) is 0 Å². The Bertz CT molecular complexity index is 2290. The third-order valence-electron chi connectivity index (χ3n) is 9.25. The lowest BCUT2D eigenvalue weighted by Crippen LogP contribution is -2.13. The van der Waals surface area contributed by atoms with Crippen molar-refractivity contribution in [3.8, 4) is 56.0 Å². The van der Waals surface area contributed by atoms with Gasteiger partial charge in [-0.1, -0.05) is 146 Å². The number of ether oxygens (including phenoxy) is 1. The van der Waals surface area contributed by atoms with Gasteiger partial charge in [-0.2, -0.15) is 0 Å². The van der Waals surface area contributed by atoms with Gasteiger partial charge in [0.15, 0.2) is 0 Å². The average molecular weight is 614 g/mol. The molecule has 0 aliphatic carbocycles. The van der Waals surface area contributed by atoms with Gasteiger partial charge in [-0.15, -0.1) is 0 Å². The lowest BCUT2D eigenvalue weighted by Gasteiger charge is -2.32. The van der Waals surface area contributed by atoms with E-state index in [4.69, 9.17) is 4.74 Å². The molecular formula is C46H31NO. The summed E-state index contributed by atoms with van der Waals surface area (Å²) in [6, 6.07) is 66.8. The number of fused-ring (bicyclic) bond motifs is 2. The maximum atomic E-state index is 6.80. The van der Waals surface area contributed by atoms with E-state index >= 15 is 0 Å². The molecule has 226 valence electrons. The molecular weight excluding hydrogens is 583 g/mol. The molecule has 0 spiro atoms. The minimum absolute atomic E-state index is 0.851. The van der Waals surface area contributed by atoms with Crippen molar-refractivity contribution in [2.75, 3.05) is 4.90 Å². The zero-order valence-electron chi connectivity index (χ0n) is 26.3. The van der Waals surface area contributed by atoms with Crippen LogP contribution in [0.4, 0.5) is 17.1 Å². The Morgan fingerprint density at radius 1 is 0.354 bits per heavy atom. The van der Waals surface area contributed by atoms with E-state index in [1.165, 1.54) is 33.2 Å². The predicted octanol–water partition coefficient (Wildman–Crippen LogP) is 13.1. The summed E-state index contributed by atoms with van der Waals surface area (Å²) in [6.45, 7) is 0. The molecule has 0 aromatic heterocycles. The molecule has 2 nitrogen and oxygen atoms in total. The summed E-state index contributed by atoms with van der Waals surface area (Å²) in [5, 5.41) is 2.31. The zero-order valence-corrected chi connectivity index (χ0v) is 26.3. The summed E-state index contributed by atoms with van der Waals surface area (Å²) in [6.07, 6.45) is 0. The summed E-state index contributed by atoms with van der Waals surface area (Å²) in [5.74, 6) is 1.74. The minimum atomic E-state index is 0.851. The molecule has 0 fully saturated rings. The first-order valence-electron chi connectivity index (χ1n) is 16.3. The van der Waals surface area contributed by atoms with Crippen molar-refractivity contribution in [3.05, 3.63) is 188 Å². The van der Waals surface area contributed by atoms with E-state index in [1.54, 1.807) is 0 Å². The summed E-state index contributed by atoms with van der Waals surface area (Å²) < 4.78 is 6.80. The topological polar surface area (TPSA) is 12.5 Å². The van der Waals surface area contributed by atoms with Crippen LogP contribution in [0.25, 0.3) is 55.3 Å². The lowest BCUT2D eigenvalue weighted by molar-refractivity contribution is 0.487. The van der Waals surface area contributed by atoms with E-state index in [-0.39, 0.29) is 0 Å². The smallest absolute Gasteiger partial charge is 0.138 e. The van der Waals surface area contributed by atoms with E-state index in [2.05, 4.69) is 193 Å². The second-order valence-corrected chi connectivity index (χ2v) is 12.2. The summed E-state index contributed by atoms with van der Waals surface area (Å²) >= 11 is 0. The summed E-state index contributed by atoms with van der Waals surface area (Å²) in [5.41, 5.74) is 12.5. The highest BCUT2D eigenvalue weighted by molar-refractivity contribution is 6.08. The van der Waals surface area contributed by atoms with E-state index in [0.717, 1.165) is 50.6 Å². The molecule has 1 aliphatic rings. The Labute approximate surface area is 280 Å². The first-order valence-corrected chi connectivity index (χ1v) is 16.3. The summed E-state index contributed by atoms with van der Waals surface area (Å²) in [4.78, 5) is 2.38. The highest BCUT2D eigenvalue weighted by atomic mass is 16.5. The van der Waals surface area contributed by atoms with E-state index < -0.39 is 0 Å². The first kappa shape index (κ1) is 27.9. The van der Waals surface area contributed by atoms with Gasteiger partial charge < -0.3 is 9.64 Å². The fraction of sp³-hybridized carbons (Fsp3) is 0. The zero-order chi connectivity index (χ0) is 31.9. The molecule has 8 aromatic carbocycles. The average Bonchev–Trinajstić information content (AvgIpc) is 3.16. The Morgan fingerprint density at radius 2 is 0.833 bits per heavy atom. The molecule has 0 atom stereocenters. The fourth-order valence-corrected chi connectivity index (χ4v) is 6.94. The van der Waals surface area contributed by atoms with Crippen LogP contribution in [-0.4, -0.2) is 0 Å². The molecule has 0 unspecified atom stereocenters. The largest absolute Gasteiger partial charge is 0.456 e. The molecule has 0 bridgehead atoms. The van der Waals surface area contributed by atoms with Gasteiger partial charge in [0.25, 0.3) is 0 Å². The fourth-order valence-electron chi connectivity index (χ4n) is 6.94. The molecule has 2 heteroatoms. The molecule has 1 heterocycles. The van der Waals surface area contributed by atoms with Crippen LogP contribution in [0.5, 0.6) is 11.5 Å². The van der Waals surface area contributed by atoms with Gasteiger partial charge in [0.05, 0.1) is 5.69 Å². The number of nitrogens with zero attached hydrogens (tertiary/aromatic N) is 1. The molecule has 0 N–H and O–H groups in total. The number of rotatable bonds is 6. The van der Waals surface area contributed by atoms with Crippen molar-refractivity contribution >= 4 is 27.8 Å². The second kappa shape index (κ2) is 11.8. The van der Waals surface area contributed by atoms with Gasteiger partial charge in [-0.3, -0.25) is 0 Å². The van der Waals surface area contributed by atoms with Crippen LogP contribution in [0.2, 0.25) is 0 Å². The van der Waals surface area contributed by atoms with Gasteiger partial charge in [0.2, 0.25) is 0 Å². The standard InChI is InChI=1S/C46H31NO/c1-4-12-32(13-5-1)35-22-26-39(27-23-35)47(40-28-24-36(25-29-40)33-14-6-2-7-15-33)42-30-38(34-16-8-3-9-17-34)31-44-46(42)41-20-10-18-37-19-11-21-43(48-44)45(37)41/h1-31H.